The Morgan fingerprint density at radius 1 is 1.00 bits per heavy atom. The van der Waals surface area contributed by atoms with E-state index in [-0.39, 0.29) is 11.3 Å². The van der Waals surface area contributed by atoms with E-state index < -0.39 is 18.5 Å². The molecule has 4 N–H and O–H groups in total. The topological polar surface area (TPSA) is 93.5 Å². The van der Waals surface area contributed by atoms with Crippen LogP contribution in [0.25, 0.3) is 0 Å². The van der Waals surface area contributed by atoms with Crippen LogP contribution in [0.4, 0.5) is 25.0 Å². The molecule has 0 bridgehead atoms. The quantitative estimate of drug-likeness (QED) is 0.790. The fourth-order valence-corrected chi connectivity index (χ4v) is 1.87. The van der Waals surface area contributed by atoms with Crippen LogP contribution in [0.5, 0.6) is 5.75 Å². The van der Waals surface area contributed by atoms with Crippen LogP contribution in [0.3, 0.4) is 0 Å². The van der Waals surface area contributed by atoms with Crippen LogP contribution in [0.1, 0.15) is 10.4 Å². The van der Waals surface area contributed by atoms with Crippen molar-refractivity contribution in [2.24, 2.45) is 5.73 Å². The van der Waals surface area contributed by atoms with Crippen LogP contribution in [-0.4, -0.2) is 18.5 Å². The first-order chi connectivity index (χ1) is 11.0. The van der Waals surface area contributed by atoms with Crippen molar-refractivity contribution in [3.8, 4) is 5.75 Å². The van der Waals surface area contributed by atoms with Crippen molar-refractivity contribution in [1.29, 1.82) is 0 Å². The minimum Gasteiger partial charge on any atom is -0.434 e. The van der Waals surface area contributed by atoms with Gasteiger partial charge in [-0.25, -0.2) is 4.79 Å². The number of para-hydroxylation sites is 1. The molecule has 6 nitrogen and oxygen atoms in total. The third-order valence-electron chi connectivity index (χ3n) is 2.74. The van der Waals surface area contributed by atoms with E-state index in [1.807, 2.05) is 0 Å². The van der Waals surface area contributed by atoms with Gasteiger partial charge < -0.3 is 21.1 Å². The van der Waals surface area contributed by atoms with Gasteiger partial charge in [0.05, 0.1) is 5.56 Å². The maximum Gasteiger partial charge on any atom is 0.387 e. The highest BCUT2D eigenvalue weighted by Crippen LogP contribution is 2.22. The molecule has 3 amide bonds. The summed E-state index contributed by atoms with van der Waals surface area (Å²) in [7, 11) is 0. The molecule has 0 fully saturated rings. The summed E-state index contributed by atoms with van der Waals surface area (Å²) in [6, 6.07) is 11.1. The van der Waals surface area contributed by atoms with Gasteiger partial charge in [-0.05, 0) is 30.3 Å². The lowest BCUT2D eigenvalue weighted by Gasteiger charge is -2.11. The second kappa shape index (κ2) is 7.21. The Kier molecular flexibility index (Phi) is 5.08. The van der Waals surface area contributed by atoms with Gasteiger partial charge in [-0.15, -0.1) is 0 Å². The number of urea groups is 1. The zero-order valence-electron chi connectivity index (χ0n) is 11.8. The van der Waals surface area contributed by atoms with Crippen LogP contribution in [0.2, 0.25) is 0 Å². The molecule has 2 rings (SSSR count). The lowest BCUT2D eigenvalue weighted by atomic mass is 10.2. The molecule has 120 valence electrons. The molecule has 0 aliphatic heterocycles. The number of benzene rings is 2. The fourth-order valence-electron chi connectivity index (χ4n) is 1.87. The summed E-state index contributed by atoms with van der Waals surface area (Å²) in [5, 5.41) is 4.89. The molecule has 0 radical (unpaired) electrons. The van der Waals surface area contributed by atoms with E-state index in [0.29, 0.717) is 11.4 Å². The summed E-state index contributed by atoms with van der Waals surface area (Å²) in [5.74, 6) is -0.858. The highest BCUT2D eigenvalue weighted by Gasteiger charge is 2.15. The van der Waals surface area contributed by atoms with Gasteiger partial charge in [-0.1, -0.05) is 18.2 Å². The van der Waals surface area contributed by atoms with Gasteiger partial charge in [-0.3, -0.25) is 4.79 Å². The molecular weight excluding hydrogens is 308 g/mol. The summed E-state index contributed by atoms with van der Waals surface area (Å²) < 4.78 is 29.0. The number of rotatable bonds is 5. The highest BCUT2D eigenvalue weighted by molar-refractivity contribution is 6.06. The van der Waals surface area contributed by atoms with Gasteiger partial charge >= 0.3 is 12.6 Å². The van der Waals surface area contributed by atoms with E-state index in [1.165, 1.54) is 30.3 Å². The van der Waals surface area contributed by atoms with Gasteiger partial charge in [0.1, 0.15) is 5.75 Å². The van der Waals surface area contributed by atoms with E-state index in [4.69, 9.17) is 5.73 Å². The van der Waals surface area contributed by atoms with Gasteiger partial charge in [0, 0.05) is 11.4 Å². The molecule has 2 aromatic carbocycles. The number of halogens is 2. The number of carbonyl (C=O) groups is 2. The molecular formula is C15H13F2N3O3. The number of nitrogens with one attached hydrogen (secondary N) is 2. The summed E-state index contributed by atoms with van der Waals surface area (Å²) >= 11 is 0. The summed E-state index contributed by atoms with van der Waals surface area (Å²) in [5.41, 5.74) is 5.70. The number of carbonyl (C=O) groups excluding carboxylic acids is 2. The fraction of sp³-hybridized carbons (Fsp3) is 0.0667. The molecule has 0 heterocycles. The number of hydrogen-bond donors (Lipinski definition) is 3. The van der Waals surface area contributed by atoms with Crippen molar-refractivity contribution < 1.29 is 23.1 Å². The Bertz CT molecular complexity index is 723. The van der Waals surface area contributed by atoms with Crippen molar-refractivity contribution in [2.75, 3.05) is 10.6 Å². The third kappa shape index (κ3) is 4.67. The maximum atomic E-state index is 12.4. The Morgan fingerprint density at radius 3 is 2.30 bits per heavy atom. The third-order valence-corrected chi connectivity index (χ3v) is 2.74. The lowest BCUT2D eigenvalue weighted by Crippen LogP contribution is -2.19. The predicted molar refractivity (Wildman–Crippen MR) is 80.7 cm³/mol. The number of primary amides is 1. The maximum absolute atomic E-state index is 12.4. The summed E-state index contributed by atoms with van der Waals surface area (Å²) in [4.78, 5) is 23.0. The van der Waals surface area contributed by atoms with Crippen LogP contribution in [-0.2, 0) is 0 Å². The number of nitrogens with two attached hydrogens (primary N) is 1. The summed E-state index contributed by atoms with van der Waals surface area (Å²) in [6.45, 7) is -3.04. The molecule has 0 aliphatic carbocycles. The van der Waals surface area contributed by atoms with Crippen molar-refractivity contribution in [2.45, 2.75) is 6.61 Å². The van der Waals surface area contributed by atoms with E-state index in [1.54, 1.807) is 18.2 Å². The van der Waals surface area contributed by atoms with Crippen molar-refractivity contribution in [1.82, 2.24) is 0 Å². The van der Waals surface area contributed by atoms with Gasteiger partial charge in [0.25, 0.3) is 5.91 Å². The SMILES string of the molecule is NC(=O)Nc1cccc(NC(=O)c2ccccc2OC(F)F)c1. The molecule has 0 atom stereocenters. The molecule has 0 saturated carbocycles. The molecule has 0 spiro atoms. The highest BCUT2D eigenvalue weighted by atomic mass is 19.3. The van der Waals surface area contributed by atoms with Crippen molar-refractivity contribution >= 4 is 23.3 Å². The van der Waals surface area contributed by atoms with Crippen LogP contribution < -0.4 is 21.1 Å². The zero-order valence-corrected chi connectivity index (χ0v) is 11.8. The first kappa shape index (κ1) is 16.2. The van der Waals surface area contributed by atoms with Gasteiger partial charge in [0.15, 0.2) is 0 Å². The Labute approximate surface area is 130 Å². The van der Waals surface area contributed by atoms with E-state index in [2.05, 4.69) is 15.4 Å². The Hall–Kier alpha value is -3.16. The normalized spacial score (nSPS) is 10.2. The molecule has 0 aliphatic rings. The predicted octanol–water partition coefficient (Wildman–Crippen LogP) is 3.03. The number of hydrogen-bond acceptors (Lipinski definition) is 3. The van der Waals surface area contributed by atoms with E-state index in [0.717, 1.165) is 0 Å². The lowest BCUT2D eigenvalue weighted by molar-refractivity contribution is -0.0501. The molecule has 0 aromatic heterocycles. The van der Waals surface area contributed by atoms with Crippen molar-refractivity contribution in [3.63, 3.8) is 0 Å². The first-order valence-corrected chi connectivity index (χ1v) is 6.47. The zero-order chi connectivity index (χ0) is 16.8. The average molecular weight is 321 g/mol. The average Bonchev–Trinajstić information content (AvgIpc) is 2.46. The number of anilines is 2. The molecule has 2 aromatic rings. The summed E-state index contributed by atoms with van der Waals surface area (Å²) in [6.07, 6.45) is 0. The second-order valence-corrected chi connectivity index (χ2v) is 4.40. The monoisotopic (exact) mass is 321 g/mol. The van der Waals surface area contributed by atoms with E-state index in [9.17, 15) is 18.4 Å². The standard InChI is InChI=1S/C15H13F2N3O3/c16-14(17)23-12-7-2-1-6-11(12)13(21)19-9-4-3-5-10(8-9)20-15(18)22/h1-8,14H,(H,19,21)(H3,18,20,22). The Morgan fingerprint density at radius 2 is 1.65 bits per heavy atom. The van der Waals surface area contributed by atoms with Crippen molar-refractivity contribution in [3.05, 3.63) is 54.1 Å². The van der Waals surface area contributed by atoms with Crippen LogP contribution in [0.15, 0.2) is 48.5 Å². The number of alkyl halides is 2. The molecule has 0 saturated heterocycles. The van der Waals surface area contributed by atoms with Gasteiger partial charge in [0.2, 0.25) is 0 Å². The van der Waals surface area contributed by atoms with Crippen LogP contribution >= 0.6 is 0 Å². The Balaban J connectivity index is 2.18. The minimum atomic E-state index is -3.04. The molecule has 8 heteroatoms. The van der Waals surface area contributed by atoms with Gasteiger partial charge in [-0.2, -0.15) is 8.78 Å². The first-order valence-electron chi connectivity index (χ1n) is 6.47. The number of amides is 3. The number of ether oxygens (including phenoxy) is 1. The van der Waals surface area contributed by atoms with E-state index >= 15 is 0 Å². The smallest absolute Gasteiger partial charge is 0.387 e. The minimum absolute atomic E-state index is 0.0407. The second-order valence-electron chi connectivity index (χ2n) is 4.40. The van der Waals surface area contributed by atoms with Crippen LogP contribution in [0, 0.1) is 0 Å². The molecule has 23 heavy (non-hydrogen) atoms. The largest absolute Gasteiger partial charge is 0.434 e. The molecule has 0 unspecified atom stereocenters.